The van der Waals surface area contributed by atoms with Crippen LogP contribution in [0.4, 0.5) is 26.3 Å². The van der Waals surface area contributed by atoms with Crippen molar-refractivity contribution in [3.63, 3.8) is 0 Å². The number of alkyl halides is 6. The number of thioether (sulfide) groups is 1. The second-order valence-corrected chi connectivity index (χ2v) is 10.5. The summed E-state index contributed by atoms with van der Waals surface area (Å²) in [5, 5.41) is 8.90. The van der Waals surface area contributed by atoms with Gasteiger partial charge in [0.1, 0.15) is 15.8 Å². The van der Waals surface area contributed by atoms with Gasteiger partial charge in [-0.05, 0) is 30.3 Å². The zero-order valence-corrected chi connectivity index (χ0v) is 21.6. The third kappa shape index (κ3) is 7.21. The highest BCUT2D eigenvalue weighted by Gasteiger charge is 2.37. The molecular formula is C24H21F6N3O4S2. The topological polar surface area (TPSA) is 77.2 Å². The average Bonchev–Trinajstić information content (AvgIpc) is 3.41. The molecule has 1 amide bonds. The molecule has 0 radical (unpaired) electrons. The fraction of sp³-hybridized carbons (Fsp3) is 0.375. The van der Waals surface area contributed by atoms with Crippen LogP contribution in [0, 0.1) is 0 Å². The molecule has 3 heterocycles. The van der Waals surface area contributed by atoms with Crippen LogP contribution in [-0.4, -0.2) is 81.8 Å². The van der Waals surface area contributed by atoms with E-state index < -0.39 is 40.9 Å². The van der Waals surface area contributed by atoms with Crippen molar-refractivity contribution in [3.8, 4) is 11.3 Å². The first-order valence-corrected chi connectivity index (χ1v) is 12.7. The van der Waals surface area contributed by atoms with Crippen LogP contribution in [0.3, 0.4) is 0 Å². The number of furan rings is 1. The highest BCUT2D eigenvalue weighted by Crippen LogP contribution is 2.39. The van der Waals surface area contributed by atoms with E-state index in [1.165, 1.54) is 23.1 Å². The summed E-state index contributed by atoms with van der Waals surface area (Å²) in [6, 6.07) is 3.74. The van der Waals surface area contributed by atoms with Crippen molar-refractivity contribution in [2.24, 2.45) is 0 Å². The summed E-state index contributed by atoms with van der Waals surface area (Å²) in [6.07, 6.45) is -8.65. The number of carbonyl (C=O) groups excluding carboxylic acids is 1. The molecule has 0 saturated carbocycles. The standard InChI is InChI=1S/C24H21F6N3O4S2/c25-23(26,27)15-9-14(10-16(11-15)24(28,29)30)18-2-1-17(37-18)12-19-21(36)33(22(38)39-19)8-7-31-3-5-32(6-4-31)13-20(34)35/h1-2,9-12H,3-8,13H2,(H,34,35). The average molecular weight is 594 g/mol. The second-order valence-electron chi connectivity index (χ2n) is 8.84. The Morgan fingerprint density at radius 2 is 1.56 bits per heavy atom. The van der Waals surface area contributed by atoms with Gasteiger partial charge in [-0.25, -0.2) is 0 Å². The number of thiocarbonyl (C=S) groups is 1. The highest BCUT2D eigenvalue weighted by atomic mass is 32.2. The summed E-state index contributed by atoms with van der Waals surface area (Å²) in [6.45, 7) is 3.23. The number of carboxylic acids is 1. The molecular weight excluding hydrogens is 572 g/mol. The molecule has 0 bridgehead atoms. The lowest BCUT2D eigenvalue weighted by Gasteiger charge is -2.34. The van der Waals surface area contributed by atoms with E-state index in [1.807, 2.05) is 4.90 Å². The van der Waals surface area contributed by atoms with Crippen LogP contribution in [0.1, 0.15) is 16.9 Å². The molecule has 1 N–H and O–H groups in total. The molecule has 2 fully saturated rings. The Labute approximate surface area is 228 Å². The number of amides is 1. The maximum absolute atomic E-state index is 13.2. The van der Waals surface area contributed by atoms with Gasteiger partial charge in [0.2, 0.25) is 0 Å². The number of hydrogen-bond donors (Lipinski definition) is 1. The molecule has 39 heavy (non-hydrogen) atoms. The zero-order valence-electron chi connectivity index (χ0n) is 20.0. The fourth-order valence-electron chi connectivity index (χ4n) is 4.11. The number of carbonyl (C=O) groups is 2. The Kier molecular flexibility index (Phi) is 8.44. The monoisotopic (exact) mass is 593 g/mol. The molecule has 7 nitrogen and oxygen atoms in total. The predicted octanol–water partition coefficient (Wildman–Crippen LogP) is 4.89. The van der Waals surface area contributed by atoms with E-state index in [0.717, 1.165) is 11.8 Å². The Hall–Kier alpha value is -2.88. The molecule has 2 saturated heterocycles. The minimum atomic E-state index is -4.99. The van der Waals surface area contributed by atoms with Crippen molar-refractivity contribution in [3.05, 3.63) is 52.1 Å². The number of piperazine rings is 1. The zero-order chi connectivity index (χ0) is 28.5. The van der Waals surface area contributed by atoms with E-state index in [-0.39, 0.29) is 29.0 Å². The third-order valence-electron chi connectivity index (χ3n) is 6.11. The molecule has 0 aliphatic carbocycles. The number of nitrogens with zero attached hydrogens (tertiary/aromatic N) is 3. The molecule has 15 heteroatoms. The van der Waals surface area contributed by atoms with Gasteiger partial charge in [0.25, 0.3) is 5.91 Å². The van der Waals surface area contributed by atoms with Crippen molar-refractivity contribution >= 4 is 46.3 Å². The van der Waals surface area contributed by atoms with Crippen molar-refractivity contribution < 1.29 is 45.5 Å². The van der Waals surface area contributed by atoms with E-state index in [4.69, 9.17) is 21.7 Å². The van der Waals surface area contributed by atoms with Gasteiger partial charge >= 0.3 is 18.3 Å². The molecule has 0 atom stereocenters. The normalized spacial score (nSPS) is 18.9. The lowest BCUT2D eigenvalue weighted by Crippen LogP contribution is -2.49. The summed E-state index contributed by atoms with van der Waals surface area (Å²) >= 11 is 6.32. The van der Waals surface area contributed by atoms with E-state index in [1.54, 1.807) is 0 Å². The van der Waals surface area contributed by atoms with Gasteiger partial charge in [0, 0.05) is 50.9 Å². The van der Waals surface area contributed by atoms with Crippen LogP contribution >= 0.6 is 24.0 Å². The van der Waals surface area contributed by atoms with Crippen LogP contribution < -0.4 is 0 Å². The van der Waals surface area contributed by atoms with Gasteiger partial charge in [-0.1, -0.05) is 24.0 Å². The van der Waals surface area contributed by atoms with Crippen molar-refractivity contribution in [1.82, 2.24) is 14.7 Å². The molecule has 4 rings (SSSR count). The lowest BCUT2D eigenvalue weighted by atomic mass is 10.0. The Balaban J connectivity index is 1.44. The summed E-state index contributed by atoms with van der Waals surface area (Å²) in [7, 11) is 0. The largest absolute Gasteiger partial charge is 0.480 e. The van der Waals surface area contributed by atoms with Crippen LogP contribution in [-0.2, 0) is 21.9 Å². The quantitative estimate of drug-likeness (QED) is 0.277. The summed E-state index contributed by atoms with van der Waals surface area (Å²) < 4.78 is 85.0. The SMILES string of the molecule is O=C(O)CN1CCN(CCN2C(=O)C(=Cc3ccc(-c4cc(C(F)(F)F)cc(C(F)(F)F)c4)o3)SC2=S)CC1. The molecule has 1 aromatic carbocycles. The van der Waals surface area contributed by atoms with E-state index >= 15 is 0 Å². The van der Waals surface area contributed by atoms with Gasteiger partial charge in [0.05, 0.1) is 22.6 Å². The highest BCUT2D eigenvalue weighted by molar-refractivity contribution is 8.26. The minimum Gasteiger partial charge on any atom is -0.480 e. The van der Waals surface area contributed by atoms with Gasteiger partial charge in [-0.15, -0.1) is 0 Å². The molecule has 1 aromatic heterocycles. The molecule has 0 spiro atoms. The summed E-state index contributed by atoms with van der Waals surface area (Å²) in [4.78, 5) is 29.3. The number of aliphatic carboxylic acids is 1. The first-order valence-electron chi connectivity index (χ1n) is 11.5. The van der Waals surface area contributed by atoms with E-state index in [0.29, 0.717) is 55.7 Å². The van der Waals surface area contributed by atoms with E-state index in [9.17, 15) is 35.9 Å². The van der Waals surface area contributed by atoms with Gasteiger partial charge < -0.3 is 9.52 Å². The number of hydrogen-bond acceptors (Lipinski definition) is 7. The first-order chi connectivity index (χ1) is 18.2. The number of carboxylic acid groups (broad SMARTS) is 1. The Morgan fingerprint density at radius 3 is 2.13 bits per heavy atom. The third-order valence-corrected chi connectivity index (χ3v) is 7.49. The minimum absolute atomic E-state index is 0.0287. The van der Waals surface area contributed by atoms with Crippen LogP contribution in [0.5, 0.6) is 0 Å². The van der Waals surface area contributed by atoms with Gasteiger partial charge in [0.15, 0.2) is 0 Å². The smallest absolute Gasteiger partial charge is 0.416 e. The molecule has 0 unspecified atom stereocenters. The molecule has 210 valence electrons. The van der Waals surface area contributed by atoms with E-state index in [2.05, 4.69) is 4.90 Å². The van der Waals surface area contributed by atoms with Crippen molar-refractivity contribution in [2.45, 2.75) is 12.4 Å². The van der Waals surface area contributed by atoms with Crippen LogP contribution in [0.25, 0.3) is 17.4 Å². The number of benzene rings is 1. The summed E-state index contributed by atoms with van der Waals surface area (Å²) in [5.41, 5.74) is -3.34. The number of rotatable bonds is 7. The lowest BCUT2D eigenvalue weighted by molar-refractivity contribution is -0.143. The molecule has 2 aliphatic rings. The van der Waals surface area contributed by atoms with Gasteiger partial charge in [-0.2, -0.15) is 26.3 Å². The van der Waals surface area contributed by atoms with Crippen LogP contribution in [0.2, 0.25) is 0 Å². The number of halogens is 6. The molecule has 2 aromatic rings. The predicted molar refractivity (Wildman–Crippen MR) is 135 cm³/mol. The second kappa shape index (κ2) is 11.3. The maximum atomic E-state index is 13.2. The fourth-order valence-corrected chi connectivity index (χ4v) is 5.40. The Morgan fingerprint density at radius 1 is 0.974 bits per heavy atom. The Bertz CT molecular complexity index is 1270. The first kappa shape index (κ1) is 29.1. The van der Waals surface area contributed by atoms with Crippen LogP contribution in [0.15, 0.2) is 39.7 Å². The summed E-state index contributed by atoms with van der Waals surface area (Å²) in [5.74, 6) is -1.45. The molecule has 2 aliphatic heterocycles. The van der Waals surface area contributed by atoms with Crippen molar-refractivity contribution in [1.29, 1.82) is 0 Å². The van der Waals surface area contributed by atoms with Crippen molar-refractivity contribution in [2.75, 3.05) is 45.8 Å². The maximum Gasteiger partial charge on any atom is 0.416 e. The van der Waals surface area contributed by atoms with Gasteiger partial charge in [-0.3, -0.25) is 24.3 Å².